The zero-order valence-corrected chi connectivity index (χ0v) is 8.46. The van der Waals surface area contributed by atoms with Gasteiger partial charge < -0.3 is 11.1 Å². The standard InChI is InChI=1S/C10H17N3/c1-7(2)13-10-9(6-11)8(3)4-5-12-10/h4-5,7H,6,11H2,1-3H3,(H,12,13). The van der Waals surface area contributed by atoms with Crippen LogP contribution in [0.3, 0.4) is 0 Å². The van der Waals surface area contributed by atoms with Gasteiger partial charge in [0.1, 0.15) is 5.82 Å². The molecule has 3 nitrogen and oxygen atoms in total. The van der Waals surface area contributed by atoms with Gasteiger partial charge in [-0.05, 0) is 32.4 Å². The molecule has 0 atom stereocenters. The Morgan fingerprint density at radius 2 is 2.23 bits per heavy atom. The van der Waals surface area contributed by atoms with Crippen LogP contribution in [0.2, 0.25) is 0 Å². The first-order valence-corrected chi connectivity index (χ1v) is 4.56. The van der Waals surface area contributed by atoms with E-state index in [1.807, 2.05) is 6.07 Å². The predicted octanol–water partition coefficient (Wildman–Crippen LogP) is 1.67. The molecule has 1 rings (SSSR count). The average Bonchev–Trinajstić information content (AvgIpc) is 2.03. The fourth-order valence-electron chi connectivity index (χ4n) is 1.24. The quantitative estimate of drug-likeness (QED) is 0.742. The van der Waals surface area contributed by atoms with Crippen molar-refractivity contribution in [3.05, 3.63) is 23.4 Å². The van der Waals surface area contributed by atoms with Crippen LogP contribution in [0.5, 0.6) is 0 Å². The van der Waals surface area contributed by atoms with Gasteiger partial charge in [-0.1, -0.05) is 0 Å². The summed E-state index contributed by atoms with van der Waals surface area (Å²) in [6.45, 7) is 6.76. The van der Waals surface area contributed by atoms with Crippen LogP contribution in [-0.2, 0) is 6.54 Å². The van der Waals surface area contributed by atoms with E-state index in [4.69, 9.17) is 5.73 Å². The number of rotatable bonds is 3. The minimum Gasteiger partial charge on any atom is -0.368 e. The van der Waals surface area contributed by atoms with Crippen molar-refractivity contribution < 1.29 is 0 Å². The zero-order chi connectivity index (χ0) is 9.84. The van der Waals surface area contributed by atoms with Crippen molar-refractivity contribution in [1.29, 1.82) is 0 Å². The molecule has 72 valence electrons. The van der Waals surface area contributed by atoms with Crippen LogP contribution in [0.25, 0.3) is 0 Å². The molecule has 1 aromatic heterocycles. The lowest BCUT2D eigenvalue weighted by Crippen LogP contribution is -2.15. The van der Waals surface area contributed by atoms with Gasteiger partial charge in [-0.2, -0.15) is 0 Å². The Hall–Kier alpha value is -1.09. The molecule has 1 heterocycles. The molecule has 0 bridgehead atoms. The highest BCUT2D eigenvalue weighted by atomic mass is 15.0. The maximum absolute atomic E-state index is 5.65. The van der Waals surface area contributed by atoms with Gasteiger partial charge in [0.05, 0.1) is 0 Å². The monoisotopic (exact) mass is 179 g/mol. The van der Waals surface area contributed by atoms with Crippen molar-refractivity contribution >= 4 is 5.82 Å². The Labute approximate surface area is 79.4 Å². The van der Waals surface area contributed by atoms with Gasteiger partial charge in [0.25, 0.3) is 0 Å². The fraction of sp³-hybridized carbons (Fsp3) is 0.500. The van der Waals surface area contributed by atoms with E-state index in [0.717, 1.165) is 11.4 Å². The van der Waals surface area contributed by atoms with E-state index in [1.165, 1.54) is 5.56 Å². The summed E-state index contributed by atoms with van der Waals surface area (Å²) in [5.41, 5.74) is 7.95. The third-order valence-electron chi connectivity index (χ3n) is 1.92. The molecular formula is C10H17N3. The maximum Gasteiger partial charge on any atom is 0.130 e. The van der Waals surface area contributed by atoms with Gasteiger partial charge in [-0.3, -0.25) is 0 Å². The maximum atomic E-state index is 5.65. The molecule has 0 fully saturated rings. The van der Waals surface area contributed by atoms with E-state index in [9.17, 15) is 0 Å². The molecule has 1 aromatic rings. The molecule has 13 heavy (non-hydrogen) atoms. The molecule has 3 N–H and O–H groups in total. The number of hydrogen-bond donors (Lipinski definition) is 2. The molecule has 0 aliphatic rings. The summed E-state index contributed by atoms with van der Waals surface area (Å²) in [5, 5.41) is 3.27. The summed E-state index contributed by atoms with van der Waals surface area (Å²) < 4.78 is 0. The van der Waals surface area contributed by atoms with Crippen molar-refractivity contribution in [2.24, 2.45) is 5.73 Å². The van der Waals surface area contributed by atoms with E-state index in [1.54, 1.807) is 6.20 Å². The Morgan fingerprint density at radius 1 is 1.54 bits per heavy atom. The third-order valence-corrected chi connectivity index (χ3v) is 1.92. The lowest BCUT2D eigenvalue weighted by Gasteiger charge is -2.14. The molecule has 0 saturated heterocycles. The van der Waals surface area contributed by atoms with Crippen LogP contribution in [0.15, 0.2) is 12.3 Å². The van der Waals surface area contributed by atoms with E-state index in [-0.39, 0.29) is 0 Å². The minimum atomic E-state index is 0.389. The van der Waals surface area contributed by atoms with E-state index in [2.05, 4.69) is 31.1 Å². The predicted molar refractivity (Wildman–Crippen MR) is 55.6 cm³/mol. The Morgan fingerprint density at radius 3 is 2.77 bits per heavy atom. The van der Waals surface area contributed by atoms with Gasteiger partial charge >= 0.3 is 0 Å². The van der Waals surface area contributed by atoms with Crippen molar-refractivity contribution in [2.45, 2.75) is 33.4 Å². The average molecular weight is 179 g/mol. The molecule has 0 radical (unpaired) electrons. The topological polar surface area (TPSA) is 50.9 Å². The van der Waals surface area contributed by atoms with Crippen LogP contribution in [0.1, 0.15) is 25.0 Å². The van der Waals surface area contributed by atoms with E-state index >= 15 is 0 Å². The molecule has 0 aliphatic heterocycles. The lowest BCUT2D eigenvalue weighted by atomic mass is 10.1. The Kier molecular flexibility index (Phi) is 3.25. The van der Waals surface area contributed by atoms with Crippen molar-refractivity contribution in [1.82, 2.24) is 4.98 Å². The second-order valence-electron chi connectivity index (χ2n) is 3.46. The fourth-order valence-corrected chi connectivity index (χ4v) is 1.24. The number of pyridine rings is 1. The van der Waals surface area contributed by atoms with Crippen LogP contribution in [0.4, 0.5) is 5.82 Å². The van der Waals surface area contributed by atoms with Crippen molar-refractivity contribution in [2.75, 3.05) is 5.32 Å². The second-order valence-corrected chi connectivity index (χ2v) is 3.46. The molecule has 0 aromatic carbocycles. The number of hydrogen-bond acceptors (Lipinski definition) is 3. The van der Waals surface area contributed by atoms with Gasteiger partial charge in [0, 0.05) is 24.3 Å². The van der Waals surface area contributed by atoms with Crippen LogP contribution in [-0.4, -0.2) is 11.0 Å². The van der Waals surface area contributed by atoms with Gasteiger partial charge in [0.2, 0.25) is 0 Å². The SMILES string of the molecule is Cc1ccnc(NC(C)C)c1CN. The molecule has 0 amide bonds. The van der Waals surface area contributed by atoms with Crippen LogP contribution >= 0.6 is 0 Å². The zero-order valence-electron chi connectivity index (χ0n) is 8.46. The number of nitrogens with two attached hydrogens (primary N) is 1. The second kappa shape index (κ2) is 4.23. The summed E-state index contributed by atoms with van der Waals surface area (Å²) in [5.74, 6) is 0.914. The first-order valence-electron chi connectivity index (χ1n) is 4.56. The molecular weight excluding hydrogens is 162 g/mol. The Balaban J connectivity index is 2.98. The van der Waals surface area contributed by atoms with Crippen LogP contribution in [0, 0.1) is 6.92 Å². The van der Waals surface area contributed by atoms with Crippen molar-refractivity contribution in [3.8, 4) is 0 Å². The Bertz CT molecular complexity index is 281. The van der Waals surface area contributed by atoms with Crippen molar-refractivity contribution in [3.63, 3.8) is 0 Å². The summed E-state index contributed by atoms with van der Waals surface area (Å²) in [7, 11) is 0. The lowest BCUT2D eigenvalue weighted by molar-refractivity contribution is 0.876. The van der Waals surface area contributed by atoms with E-state index in [0.29, 0.717) is 12.6 Å². The highest BCUT2D eigenvalue weighted by Gasteiger charge is 2.05. The highest BCUT2D eigenvalue weighted by molar-refractivity contribution is 5.48. The smallest absolute Gasteiger partial charge is 0.130 e. The first kappa shape index (κ1) is 9.99. The highest BCUT2D eigenvalue weighted by Crippen LogP contribution is 2.16. The van der Waals surface area contributed by atoms with Crippen LogP contribution < -0.4 is 11.1 Å². The number of nitrogens with one attached hydrogen (secondary N) is 1. The number of anilines is 1. The molecule has 0 aliphatic carbocycles. The van der Waals surface area contributed by atoms with E-state index < -0.39 is 0 Å². The van der Waals surface area contributed by atoms with Gasteiger partial charge in [-0.25, -0.2) is 4.98 Å². The molecule has 0 saturated carbocycles. The number of aryl methyl sites for hydroxylation is 1. The number of nitrogens with zero attached hydrogens (tertiary/aromatic N) is 1. The largest absolute Gasteiger partial charge is 0.368 e. The normalized spacial score (nSPS) is 10.5. The molecule has 3 heteroatoms. The summed E-state index contributed by atoms with van der Waals surface area (Å²) >= 11 is 0. The summed E-state index contributed by atoms with van der Waals surface area (Å²) in [4.78, 5) is 4.26. The van der Waals surface area contributed by atoms with Gasteiger partial charge in [0.15, 0.2) is 0 Å². The summed E-state index contributed by atoms with van der Waals surface area (Å²) in [6.07, 6.45) is 1.80. The van der Waals surface area contributed by atoms with Gasteiger partial charge in [-0.15, -0.1) is 0 Å². The third kappa shape index (κ3) is 2.42. The molecule has 0 spiro atoms. The minimum absolute atomic E-state index is 0.389. The first-order chi connectivity index (χ1) is 6.15. The number of aromatic nitrogens is 1. The molecule has 0 unspecified atom stereocenters. The summed E-state index contributed by atoms with van der Waals surface area (Å²) in [6, 6.07) is 2.37.